The molecule has 2 atom stereocenters. The molecule has 0 spiro atoms. The van der Waals surface area contributed by atoms with E-state index in [1.807, 2.05) is 13.8 Å². The van der Waals surface area contributed by atoms with Gasteiger partial charge >= 0.3 is 6.03 Å². The zero-order valence-corrected chi connectivity index (χ0v) is 10.8. The first-order valence-corrected chi connectivity index (χ1v) is 6.73. The average Bonchev–Trinajstić information content (AvgIpc) is 3.09. The summed E-state index contributed by atoms with van der Waals surface area (Å²) in [6.45, 7) is 3.99. The molecule has 0 bridgehead atoms. The molecule has 0 aromatic rings. The standard InChI is InChI=1S/C13H24N2O2/c1-9(7-10-3-4-10)14-12(17)15-13(2,8-16)11-5-6-11/h9-11,16H,3-8H2,1-2H3,(H2,14,15,17)/t9-,13-/m0/s1. The van der Waals surface area contributed by atoms with Gasteiger partial charge in [-0.25, -0.2) is 4.79 Å². The van der Waals surface area contributed by atoms with Crippen LogP contribution in [0.3, 0.4) is 0 Å². The minimum atomic E-state index is -0.441. The number of urea groups is 1. The molecule has 0 radical (unpaired) electrons. The first-order valence-electron chi connectivity index (χ1n) is 6.73. The lowest BCUT2D eigenvalue weighted by molar-refractivity contribution is 0.154. The number of hydrogen-bond donors (Lipinski definition) is 3. The minimum Gasteiger partial charge on any atom is -0.394 e. The number of hydrogen-bond acceptors (Lipinski definition) is 2. The van der Waals surface area contributed by atoms with Gasteiger partial charge < -0.3 is 15.7 Å². The molecule has 4 heteroatoms. The molecule has 2 amide bonds. The summed E-state index contributed by atoms with van der Waals surface area (Å²) in [6.07, 6.45) is 5.91. The molecule has 0 aromatic carbocycles. The monoisotopic (exact) mass is 240 g/mol. The Hall–Kier alpha value is -0.770. The summed E-state index contributed by atoms with van der Waals surface area (Å²) in [4.78, 5) is 11.8. The molecule has 2 aliphatic carbocycles. The SMILES string of the molecule is C[C@@H](CC1CC1)NC(=O)N[C@@](C)(CO)C1CC1. The Balaban J connectivity index is 1.74. The van der Waals surface area contributed by atoms with Gasteiger partial charge in [0.25, 0.3) is 0 Å². The fourth-order valence-electron chi connectivity index (χ4n) is 2.42. The third-order valence-corrected chi connectivity index (χ3v) is 3.97. The zero-order valence-electron chi connectivity index (χ0n) is 10.8. The van der Waals surface area contributed by atoms with Gasteiger partial charge in [0, 0.05) is 6.04 Å². The van der Waals surface area contributed by atoms with Crippen LogP contribution < -0.4 is 10.6 Å². The molecule has 98 valence electrons. The van der Waals surface area contributed by atoms with Gasteiger partial charge in [-0.2, -0.15) is 0 Å². The third kappa shape index (κ3) is 3.60. The fourth-order valence-corrected chi connectivity index (χ4v) is 2.42. The van der Waals surface area contributed by atoms with E-state index in [1.165, 1.54) is 12.8 Å². The number of amides is 2. The van der Waals surface area contributed by atoms with Gasteiger partial charge in [0.05, 0.1) is 12.1 Å². The number of carbonyl (C=O) groups excluding carboxylic acids is 1. The van der Waals surface area contributed by atoms with Crippen LogP contribution in [0.1, 0.15) is 46.0 Å². The van der Waals surface area contributed by atoms with Crippen molar-refractivity contribution in [3.8, 4) is 0 Å². The van der Waals surface area contributed by atoms with Crippen molar-refractivity contribution in [3.05, 3.63) is 0 Å². The highest BCUT2D eigenvalue weighted by atomic mass is 16.3. The van der Waals surface area contributed by atoms with Gasteiger partial charge in [-0.15, -0.1) is 0 Å². The first-order chi connectivity index (χ1) is 8.03. The largest absolute Gasteiger partial charge is 0.394 e. The van der Waals surface area contributed by atoms with Gasteiger partial charge in [-0.05, 0) is 44.9 Å². The van der Waals surface area contributed by atoms with Crippen LogP contribution in [0.5, 0.6) is 0 Å². The van der Waals surface area contributed by atoms with Crippen molar-refractivity contribution in [2.75, 3.05) is 6.61 Å². The van der Waals surface area contributed by atoms with Crippen molar-refractivity contribution in [2.45, 2.75) is 57.5 Å². The highest BCUT2D eigenvalue weighted by Gasteiger charge is 2.42. The molecule has 2 rings (SSSR count). The second-order valence-electron chi connectivity index (χ2n) is 6.03. The quantitative estimate of drug-likeness (QED) is 0.661. The van der Waals surface area contributed by atoms with E-state index in [9.17, 15) is 9.90 Å². The van der Waals surface area contributed by atoms with E-state index in [-0.39, 0.29) is 18.7 Å². The molecule has 0 saturated heterocycles. The van der Waals surface area contributed by atoms with Gasteiger partial charge in [-0.3, -0.25) is 0 Å². The van der Waals surface area contributed by atoms with E-state index in [0.29, 0.717) is 5.92 Å². The lowest BCUT2D eigenvalue weighted by atomic mass is 9.97. The molecule has 3 N–H and O–H groups in total. The molecule has 17 heavy (non-hydrogen) atoms. The molecule has 0 aromatic heterocycles. The van der Waals surface area contributed by atoms with Gasteiger partial charge in [-0.1, -0.05) is 12.8 Å². The Morgan fingerprint density at radius 1 is 1.41 bits per heavy atom. The van der Waals surface area contributed by atoms with E-state index >= 15 is 0 Å². The summed E-state index contributed by atoms with van der Waals surface area (Å²) in [5.41, 5.74) is -0.441. The van der Waals surface area contributed by atoms with E-state index in [1.54, 1.807) is 0 Å². The predicted molar refractivity (Wildman–Crippen MR) is 66.7 cm³/mol. The summed E-state index contributed by atoms with van der Waals surface area (Å²) in [5, 5.41) is 15.3. The number of rotatable bonds is 6. The van der Waals surface area contributed by atoms with Crippen LogP contribution in [-0.4, -0.2) is 29.3 Å². The predicted octanol–water partition coefficient (Wildman–Crippen LogP) is 1.64. The van der Waals surface area contributed by atoms with Crippen LogP contribution in [-0.2, 0) is 0 Å². The highest BCUT2D eigenvalue weighted by molar-refractivity contribution is 5.75. The summed E-state index contributed by atoms with van der Waals surface area (Å²) in [7, 11) is 0. The molecular weight excluding hydrogens is 216 g/mol. The van der Waals surface area contributed by atoms with Crippen LogP contribution >= 0.6 is 0 Å². The van der Waals surface area contributed by atoms with Crippen LogP contribution in [0, 0.1) is 11.8 Å². The lowest BCUT2D eigenvalue weighted by Gasteiger charge is -2.29. The lowest BCUT2D eigenvalue weighted by Crippen LogP contribution is -2.55. The molecular formula is C13H24N2O2. The third-order valence-electron chi connectivity index (χ3n) is 3.97. The minimum absolute atomic E-state index is 0.0160. The molecule has 0 aliphatic heterocycles. The van der Waals surface area contributed by atoms with Crippen LogP contribution in [0.25, 0.3) is 0 Å². The van der Waals surface area contributed by atoms with Gasteiger partial charge in [0.15, 0.2) is 0 Å². The van der Waals surface area contributed by atoms with Crippen molar-refractivity contribution in [1.82, 2.24) is 10.6 Å². The number of carbonyl (C=O) groups is 1. The van der Waals surface area contributed by atoms with Gasteiger partial charge in [0.2, 0.25) is 0 Å². The molecule has 0 unspecified atom stereocenters. The molecule has 2 fully saturated rings. The zero-order chi connectivity index (χ0) is 12.5. The summed E-state index contributed by atoms with van der Waals surface area (Å²) in [5.74, 6) is 1.26. The summed E-state index contributed by atoms with van der Waals surface area (Å²) in [6, 6.07) is 0.0891. The number of aliphatic hydroxyl groups excluding tert-OH is 1. The van der Waals surface area contributed by atoms with Crippen molar-refractivity contribution < 1.29 is 9.90 Å². The van der Waals surface area contributed by atoms with Gasteiger partial charge in [0.1, 0.15) is 0 Å². The molecule has 2 saturated carbocycles. The summed E-state index contributed by atoms with van der Waals surface area (Å²) >= 11 is 0. The van der Waals surface area contributed by atoms with Crippen LogP contribution in [0.4, 0.5) is 4.79 Å². The smallest absolute Gasteiger partial charge is 0.315 e. The Kier molecular flexibility index (Phi) is 3.61. The maximum Gasteiger partial charge on any atom is 0.315 e. The Labute approximate surface area is 103 Å². The first kappa shape index (κ1) is 12.7. The fraction of sp³-hybridized carbons (Fsp3) is 0.923. The van der Waals surface area contributed by atoms with Crippen molar-refractivity contribution in [1.29, 1.82) is 0 Å². The average molecular weight is 240 g/mol. The maximum atomic E-state index is 11.8. The number of nitrogens with one attached hydrogen (secondary N) is 2. The second kappa shape index (κ2) is 4.84. The summed E-state index contributed by atoms with van der Waals surface area (Å²) < 4.78 is 0. The van der Waals surface area contributed by atoms with E-state index in [0.717, 1.165) is 25.2 Å². The Bertz CT molecular complexity index is 287. The van der Waals surface area contributed by atoms with Crippen molar-refractivity contribution in [2.24, 2.45) is 11.8 Å². The topological polar surface area (TPSA) is 61.4 Å². The maximum absolute atomic E-state index is 11.8. The van der Waals surface area contributed by atoms with Crippen LogP contribution in [0.15, 0.2) is 0 Å². The van der Waals surface area contributed by atoms with E-state index in [2.05, 4.69) is 10.6 Å². The van der Waals surface area contributed by atoms with E-state index < -0.39 is 5.54 Å². The van der Waals surface area contributed by atoms with Crippen molar-refractivity contribution >= 4 is 6.03 Å². The molecule has 0 heterocycles. The second-order valence-corrected chi connectivity index (χ2v) is 6.03. The Morgan fingerprint density at radius 3 is 2.53 bits per heavy atom. The van der Waals surface area contributed by atoms with Crippen molar-refractivity contribution in [3.63, 3.8) is 0 Å². The molecule has 4 nitrogen and oxygen atoms in total. The van der Waals surface area contributed by atoms with Crippen LogP contribution in [0.2, 0.25) is 0 Å². The number of aliphatic hydroxyl groups is 1. The highest BCUT2D eigenvalue weighted by Crippen LogP contribution is 2.39. The van der Waals surface area contributed by atoms with E-state index in [4.69, 9.17) is 0 Å². The Morgan fingerprint density at radius 2 is 2.06 bits per heavy atom. The normalized spacial score (nSPS) is 24.9. The molecule has 2 aliphatic rings.